The van der Waals surface area contributed by atoms with Gasteiger partial charge in [0.15, 0.2) is 4.77 Å². The van der Waals surface area contributed by atoms with Gasteiger partial charge in [0, 0.05) is 10.2 Å². The van der Waals surface area contributed by atoms with Gasteiger partial charge in [-0.15, -0.1) is 0 Å². The molecule has 1 N–H and O–H groups in total. The Balaban J connectivity index is 2.08. The topological polar surface area (TPSA) is 29.9 Å². The fraction of sp³-hybridized carbons (Fsp3) is 0.0714. The predicted molar refractivity (Wildman–Crippen MR) is 82.8 cm³/mol. The Morgan fingerprint density at radius 2 is 1.86 bits per heavy atom. The van der Waals surface area contributed by atoms with Crippen LogP contribution in [0.3, 0.4) is 0 Å². The van der Waals surface area contributed by atoms with Crippen LogP contribution in [0.25, 0.3) is 16.7 Å². The lowest BCUT2D eigenvalue weighted by atomic mass is 10.2. The molecule has 0 unspecified atom stereocenters. The number of hydrogen-bond acceptors (Lipinski definition) is 2. The van der Waals surface area contributed by atoms with Crippen molar-refractivity contribution in [2.24, 2.45) is 0 Å². The molecule has 21 heavy (non-hydrogen) atoms. The smallest absolute Gasteiger partial charge is 0.387 e. The first-order chi connectivity index (χ1) is 10.0. The van der Waals surface area contributed by atoms with Crippen molar-refractivity contribution < 1.29 is 13.5 Å². The van der Waals surface area contributed by atoms with Crippen molar-refractivity contribution in [3.05, 3.63) is 51.7 Å². The van der Waals surface area contributed by atoms with Crippen molar-refractivity contribution in [2.75, 3.05) is 0 Å². The Morgan fingerprint density at radius 1 is 1.14 bits per heavy atom. The number of nitrogens with zero attached hydrogens (tertiary/aromatic N) is 1. The van der Waals surface area contributed by atoms with E-state index in [0.717, 1.165) is 21.2 Å². The number of aromatic amines is 1. The van der Waals surface area contributed by atoms with E-state index in [-0.39, 0.29) is 5.75 Å². The van der Waals surface area contributed by atoms with Crippen molar-refractivity contribution in [3.8, 4) is 11.4 Å². The predicted octanol–water partition coefficient (Wildman–Crippen LogP) is 5.05. The highest BCUT2D eigenvalue weighted by Gasteiger charge is 2.08. The number of nitrogens with one attached hydrogen (secondary N) is 1. The number of imidazole rings is 1. The number of fused-ring (bicyclic) bond motifs is 1. The average molecular weight is 371 g/mol. The number of alkyl halides is 2. The molecular weight excluding hydrogens is 362 g/mol. The first kappa shape index (κ1) is 14.2. The van der Waals surface area contributed by atoms with Gasteiger partial charge in [0.25, 0.3) is 0 Å². The SMILES string of the molecule is FC(F)Oc1ccc(-n2c(=S)[nH]c3cc(Br)ccc32)cc1. The summed E-state index contributed by atoms with van der Waals surface area (Å²) in [6.45, 7) is -2.83. The lowest BCUT2D eigenvalue weighted by molar-refractivity contribution is -0.0498. The number of ether oxygens (including phenoxy) is 1. The van der Waals surface area contributed by atoms with Gasteiger partial charge in [-0.2, -0.15) is 8.78 Å². The van der Waals surface area contributed by atoms with Gasteiger partial charge in [0.2, 0.25) is 0 Å². The molecule has 7 heteroatoms. The first-order valence-electron chi connectivity index (χ1n) is 6.00. The first-order valence-corrected chi connectivity index (χ1v) is 7.20. The van der Waals surface area contributed by atoms with Crippen LogP contribution in [0, 0.1) is 4.77 Å². The molecule has 0 saturated heterocycles. The van der Waals surface area contributed by atoms with Crippen LogP contribution in [-0.4, -0.2) is 16.2 Å². The summed E-state index contributed by atoms with van der Waals surface area (Å²) in [6.07, 6.45) is 0. The van der Waals surface area contributed by atoms with Crippen molar-refractivity contribution in [1.82, 2.24) is 9.55 Å². The molecule has 3 aromatic rings. The Kier molecular flexibility index (Phi) is 3.77. The van der Waals surface area contributed by atoms with E-state index in [0.29, 0.717) is 4.77 Å². The van der Waals surface area contributed by atoms with E-state index >= 15 is 0 Å². The molecular formula is C14H9BrF2N2OS. The number of halogens is 3. The van der Waals surface area contributed by atoms with Gasteiger partial charge in [-0.25, -0.2) is 0 Å². The molecule has 0 aliphatic heterocycles. The van der Waals surface area contributed by atoms with Crippen molar-refractivity contribution in [2.45, 2.75) is 6.61 Å². The Hall–Kier alpha value is -1.73. The van der Waals surface area contributed by atoms with Crippen molar-refractivity contribution in [1.29, 1.82) is 0 Å². The molecule has 0 bridgehead atoms. The van der Waals surface area contributed by atoms with E-state index in [4.69, 9.17) is 12.2 Å². The maximum atomic E-state index is 12.2. The molecule has 0 amide bonds. The second-order valence-electron chi connectivity index (χ2n) is 4.30. The standard InChI is InChI=1S/C14H9BrF2N2OS/c15-8-1-6-12-11(7-8)18-14(21)19(12)9-2-4-10(5-3-9)20-13(16)17/h1-7,13H,(H,18,21). The zero-order valence-electron chi connectivity index (χ0n) is 10.5. The second kappa shape index (κ2) is 5.57. The molecule has 1 aromatic heterocycles. The fourth-order valence-electron chi connectivity index (χ4n) is 2.12. The van der Waals surface area contributed by atoms with Crippen LogP contribution < -0.4 is 4.74 Å². The van der Waals surface area contributed by atoms with E-state index in [1.54, 1.807) is 12.1 Å². The average Bonchev–Trinajstić information content (AvgIpc) is 2.74. The summed E-state index contributed by atoms with van der Waals surface area (Å²) in [5.74, 6) is 0.114. The minimum atomic E-state index is -2.83. The second-order valence-corrected chi connectivity index (χ2v) is 5.60. The van der Waals surface area contributed by atoms with Crippen LogP contribution in [0.1, 0.15) is 0 Å². The van der Waals surface area contributed by atoms with Gasteiger partial charge in [-0.3, -0.25) is 4.57 Å². The minimum absolute atomic E-state index is 0.114. The van der Waals surface area contributed by atoms with Gasteiger partial charge >= 0.3 is 6.61 Å². The maximum Gasteiger partial charge on any atom is 0.387 e. The van der Waals surface area contributed by atoms with E-state index in [1.165, 1.54) is 12.1 Å². The van der Waals surface area contributed by atoms with Gasteiger partial charge < -0.3 is 9.72 Å². The molecule has 0 saturated carbocycles. The molecule has 0 spiro atoms. The monoisotopic (exact) mass is 370 g/mol. The Bertz CT molecular complexity index is 842. The number of benzene rings is 2. The van der Waals surface area contributed by atoms with Crippen molar-refractivity contribution in [3.63, 3.8) is 0 Å². The third-order valence-corrected chi connectivity index (χ3v) is 3.74. The van der Waals surface area contributed by atoms with Gasteiger partial charge in [-0.05, 0) is 54.7 Å². The lowest BCUT2D eigenvalue weighted by Gasteiger charge is -2.07. The Morgan fingerprint density at radius 3 is 2.52 bits per heavy atom. The Labute approximate surface area is 132 Å². The number of rotatable bonds is 3. The van der Waals surface area contributed by atoms with Gasteiger partial charge in [0.05, 0.1) is 11.0 Å². The van der Waals surface area contributed by atoms with Crippen LogP contribution in [-0.2, 0) is 0 Å². The summed E-state index contributed by atoms with van der Waals surface area (Å²) >= 11 is 8.73. The summed E-state index contributed by atoms with van der Waals surface area (Å²) in [4.78, 5) is 3.11. The highest BCUT2D eigenvalue weighted by molar-refractivity contribution is 9.10. The van der Waals surface area contributed by atoms with E-state index < -0.39 is 6.61 Å². The third kappa shape index (κ3) is 2.84. The molecule has 0 fully saturated rings. The minimum Gasteiger partial charge on any atom is -0.435 e. The van der Waals surface area contributed by atoms with Crippen LogP contribution in [0.15, 0.2) is 46.9 Å². The zero-order chi connectivity index (χ0) is 15.0. The molecule has 1 heterocycles. The molecule has 108 valence electrons. The van der Waals surface area contributed by atoms with Crippen LogP contribution in [0.5, 0.6) is 5.75 Å². The summed E-state index contributed by atoms with van der Waals surface area (Å²) in [6, 6.07) is 12.1. The van der Waals surface area contributed by atoms with E-state index in [2.05, 4.69) is 25.7 Å². The highest BCUT2D eigenvalue weighted by Crippen LogP contribution is 2.24. The summed E-state index contributed by atoms with van der Waals surface area (Å²) in [5, 5.41) is 0. The molecule has 0 aliphatic carbocycles. The van der Waals surface area contributed by atoms with Gasteiger partial charge in [0.1, 0.15) is 5.75 Å². The largest absolute Gasteiger partial charge is 0.435 e. The summed E-state index contributed by atoms with van der Waals surface area (Å²) in [7, 11) is 0. The molecule has 2 aromatic carbocycles. The molecule has 0 aliphatic rings. The maximum absolute atomic E-state index is 12.2. The summed E-state index contributed by atoms with van der Waals surface area (Å²) in [5.41, 5.74) is 2.57. The lowest BCUT2D eigenvalue weighted by Crippen LogP contribution is -2.02. The quantitative estimate of drug-likeness (QED) is 0.653. The van der Waals surface area contributed by atoms with Crippen LogP contribution in [0.4, 0.5) is 8.78 Å². The van der Waals surface area contributed by atoms with E-state index in [9.17, 15) is 8.78 Å². The highest BCUT2D eigenvalue weighted by atomic mass is 79.9. The van der Waals surface area contributed by atoms with Crippen LogP contribution >= 0.6 is 28.1 Å². The zero-order valence-corrected chi connectivity index (χ0v) is 12.9. The molecule has 0 radical (unpaired) electrons. The number of hydrogen-bond donors (Lipinski definition) is 1. The van der Waals surface area contributed by atoms with Crippen LogP contribution in [0.2, 0.25) is 0 Å². The normalized spacial score (nSPS) is 11.2. The third-order valence-electron chi connectivity index (χ3n) is 2.96. The fourth-order valence-corrected chi connectivity index (χ4v) is 2.79. The van der Waals surface area contributed by atoms with E-state index in [1.807, 2.05) is 22.8 Å². The summed E-state index contributed by atoms with van der Waals surface area (Å²) < 4.78 is 32.0. The number of aromatic nitrogens is 2. The molecule has 3 rings (SSSR count). The molecule has 3 nitrogen and oxygen atoms in total. The van der Waals surface area contributed by atoms with Crippen molar-refractivity contribution >= 4 is 39.2 Å². The van der Waals surface area contributed by atoms with Gasteiger partial charge in [-0.1, -0.05) is 15.9 Å². The molecule has 0 atom stereocenters. The number of H-pyrrole nitrogens is 1.